The summed E-state index contributed by atoms with van der Waals surface area (Å²) in [4.78, 5) is 19.8. The van der Waals surface area contributed by atoms with Crippen LogP contribution in [-0.2, 0) is 20.9 Å². The summed E-state index contributed by atoms with van der Waals surface area (Å²) in [6, 6.07) is 15.4. The highest BCUT2D eigenvalue weighted by Gasteiger charge is 2.40. The summed E-state index contributed by atoms with van der Waals surface area (Å²) in [6.45, 7) is 8.02. The summed E-state index contributed by atoms with van der Waals surface area (Å²) >= 11 is 10.1. The molecule has 200 valence electrons. The Hall–Kier alpha value is -1.74. The first-order chi connectivity index (χ1) is 17.5. The number of halogens is 2. The van der Waals surface area contributed by atoms with Crippen LogP contribution in [0.4, 0.5) is 0 Å². The number of carbonyl (C=O) groups excluding carboxylic acids is 1. The third-order valence-electron chi connectivity index (χ3n) is 6.70. The third-order valence-corrected chi connectivity index (χ3v) is 8.05. The second-order valence-electron chi connectivity index (χ2n) is 10.7. The summed E-state index contributed by atoms with van der Waals surface area (Å²) in [6.07, 6.45) is 1.21. The molecule has 2 saturated heterocycles. The largest absolute Gasteiger partial charge is 0.294 e. The van der Waals surface area contributed by atoms with Gasteiger partial charge in [0.25, 0.3) is 0 Å². The zero-order valence-electron chi connectivity index (χ0n) is 21.3. The molecule has 1 N–H and O–H groups in total. The van der Waals surface area contributed by atoms with Crippen molar-refractivity contribution in [3.05, 3.63) is 75.4 Å². The topological polar surface area (TPSA) is 73.3 Å². The number of benzene rings is 2. The number of allylic oxidation sites excluding steroid dienone is 1. The smallest absolute Gasteiger partial charge is 0.234 e. The molecule has 2 aliphatic heterocycles. The lowest BCUT2D eigenvalue weighted by molar-refractivity contribution is -0.215. The molecule has 7 nitrogen and oxygen atoms in total. The molecule has 4 rings (SSSR count). The fraction of sp³-hybridized carbons (Fsp3) is 0.481. The van der Waals surface area contributed by atoms with E-state index in [1.54, 1.807) is 9.37 Å². The van der Waals surface area contributed by atoms with Crippen molar-refractivity contribution in [1.29, 1.82) is 0 Å². The molecule has 0 amide bonds. The summed E-state index contributed by atoms with van der Waals surface area (Å²) in [5, 5.41) is 2.96. The standard InChI is InChI=1S/C27H33Cl2N3O4S/c1-27(2,3)36-31-13-12-19(14-24(31)18-33)15-32(37(34)35)25-16-30(17-25)26(20-4-8-22(28)9-5-20)21-6-10-23(29)11-7-21/h4-11,19,25-26H,12-17H2,1-3H3,(H,34,35). The predicted octanol–water partition coefficient (Wildman–Crippen LogP) is 5.36. The highest BCUT2D eigenvalue weighted by atomic mass is 35.5. The van der Waals surface area contributed by atoms with E-state index in [9.17, 15) is 13.6 Å². The van der Waals surface area contributed by atoms with Crippen LogP contribution in [0.1, 0.15) is 50.8 Å². The van der Waals surface area contributed by atoms with E-state index in [0.717, 1.165) is 17.5 Å². The number of hydrogen-bond donors (Lipinski definition) is 1. The Morgan fingerprint density at radius 2 is 1.62 bits per heavy atom. The van der Waals surface area contributed by atoms with Crippen molar-refractivity contribution < 1.29 is 18.4 Å². The number of piperidine rings is 1. The minimum absolute atomic E-state index is 0.0258. The lowest BCUT2D eigenvalue weighted by Gasteiger charge is -2.48. The van der Waals surface area contributed by atoms with Gasteiger partial charge >= 0.3 is 0 Å². The maximum Gasteiger partial charge on any atom is 0.234 e. The molecule has 0 saturated carbocycles. The highest BCUT2D eigenvalue weighted by Crippen LogP contribution is 2.36. The summed E-state index contributed by atoms with van der Waals surface area (Å²) in [5.74, 6) is 2.08. The second-order valence-corrected chi connectivity index (χ2v) is 12.5. The SMILES string of the molecule is CC(C)(C)ON1CCC(CN(C2CN(C(c3ccc(Cl)cc3)c3ccc(Cl)cc3)C2)S(=O)O)CC1=C=O. The lowest BCUT2D eigenvalue weighted by atomic mass is 9.92. The first-order valence-corrected chi connectivity index (χ1v) is 14.2. The van der Waals surface area contributed by atoms with Gasteiger partial charge in [0.2, 0.25) is 11.3 Å². The molecule has 0 spiro atoms. The quantitative estimate of drug-likeness (QED) is 0.343. The molecule has 2 aromatic rings. The summed E-state index contributed by atoms with van der Waals surface area (Å²) < 4.78 is 24.2. The molecule has 0 radical (unpaired) electrons. The van der Waals surface area contributed by atoms with Crippen LogP contribution in [0.5, 0.6) is 0 Å². The lowest BCUT2D eigenvalue weighted by Crippen LogP contribution is -2.61. The van der Waals surface area contributed by atoms with Gasteiger partial charge in [0.15, 0.2) is 0 Å². The van der Waals surface area contributed by atoms with Crippen LogP contribution >= 0.6 is 23.2 Å². The van der Waals surface area contributed by atoms with Gasteiger partial charge in [-0.3, -0.25) is 14.3 Å². The molecule has 2 fully saturated rings. The Morgan fingerprint density at radius 1 is 1.08 bits per heavy atom. The zero-order valence-corrected chi connectivity index (χ0v) is 23.6. The van der Waals surface area contributed by atoms with Crippen molar-refractivity contribution in [3.63, 3.8) is 0 Å². The van der Waals surface area contributed by atoms with Crippen LogP contribution in [0.3, 0.4) is 0 Å². The van der Waals surface area contributed by atoms with E-state index >= 15 is 0 Å². The van der Waals surface area contributed by atoms with Crippen LogP contribution < -0.4 is 0 Å². The molecule has 2 aliphatic rings. The van der Waals surface area contributed by atoms with Crippen LogP contribution in [0.25, 0.3) is 0 Å². The number of hydroxylamine groups is 2. The maximum atomic E-state index is 12.4. The molecule has 2 unspecified atom stereocenters. The van der Waals surface area contributed by atoms with Crippen molar-refractivity contribution in [1.82, 2.24) is 14.3 Å². The minimum atomic E-state index is -2.13. The van der Waals surface area contributed by atoms with Crippen LogP contribution in [0.2, 0.25) is 10.0 Å². The Kier molecular flexibility index (Phi) is 9.15. The van der Waals surface area contributed by atoms with Gasteiger partial charge in [0.1, 0.15) is 11.6 Å². The second kappa shape index (κ2) is 12.0. The molecule has 0 bridgehead atoms. The highest BCUT2D eigenvalue weighted by molar-refractivity contribution is 7.76. The molecule has 2 heterocycles. The number of rotatable bonds is 8. The fourth-order valence-electron chi connectivity index (χ4n) is 4.97. The third kappa shape index (κ3) is 7.22. The molecule has 37 heavy (non-hydrogen) atoms. The Labute approximate surface area is 231 Å². The van der Waals surface area contributed by atoms with Crippen LogP contribution in [0.15, 0.2) is 54.2 Å². The molecule has 2 aromatic carbocycles. The minimum Gasteiger partial charge on any atom is -0.294 e. The van der Waals surface area contributed by atoms with E-state index in [1.165, 1.54) is 0 Å². The van der Waals surface area contributed by atoms with Crippen LogP contribution in [-0.4, -0.2) is 66.8 Å². The number of likely N-dealkylation sites (tertiary alicyclic amines) is 1. The molecule has 2 atom stereocenters. The van der Waals surface area contributed by atoms with Crippen molar-refractivity contribution in [2.45, 2.75) is 51.3 Å². The van der Waals surface area contributed by atoms with E-state index in [-0.39, 0.29) is 18.0 Å². The van der Waals surface area contributed by atoms with Crippen molar-refractivity contribution in [2.75, 3.05) is 26.2 Å². The molecular formula is C27H33Cl2N3O4S. The first-order valence-electron chi connectivity index (χ1n) is 12.4. The molecule has 10 heteroatoms. The number of nitrogens with zero attached hydrogens (tertiary/aromatic N) is 3. The van der Waals surface area contributed by atoms with Gasteiger partial charge in [-0.2, -0.15) is 4.31 Å². The summed E-state index contributed by atoms with van der Waals surface area (Å²) in [5.41, 5.74) is 2.21. The summed E-state index contributed by atoms with van der Waals surface area (Å²) in [7, 11) is 0. The van der Waals surface area contributed by atoms with Gasteiger partial charge in [-0.05, 0) is 68.5 Å². The average Bonchev–Trinajstić information content (AvgIpc) is 2.81. The average molecular weight is 567 g/mol. The van der Waals surface area contributed by atoms with E-state index in [0.29, 0.717) is 48.3 Å². The van der Waals surface area contributed by atoms with Crippen molar-refractivity contribution in [2.24, 2.45) is 5.92 Å². The first kappa shape index (κ1) is 28.3. The normalized spacial score (nSPS) is 20.3. The van der Waals surface area contributed by atoms with Gasteiger partial charge in [-0.15, -0.1) is 0 Å². The van der Waals surface area contributed by atoms with E-state index in [1.807, 2.05) is 75.2 Å². The van der Waals surface area contributed by atoms with E-state index in [4.69, 9.17) is 28.0 Å². The fourth-order valence-corrected chi connectivity index (χ4v) is 5.95. The van der Waals surface area contributed by atoms with Gasteiger partial charge in [-0.25, -0.2) is 14.1 Å². The monoisotopic (exact) mass is 565 g/mol. The van der Waals surface area contributed by atoms with Gasteiger partial charge in [0, 0.05) is 42.6 Å². The van der Waals surface area contributed by atoms with Gasteiger partial charge in [-0.1, -0.05) is 47.5 Å². The molecule has 0 aliphatic carbocycles. The number of hydrogen-bond acceptors (Lipinski definition) is 5. The van der Waals surface area contributed by atoms with Gasteiger partial charge < -0.3 is 0 Å². The Morgan fingerprint density at radius 3 is 2.08 bits per heavy atom. The molecule has 0 aromatic heterocycles. The Balaban J connectivity index is 1.44. The zero-order chi connectivity index (χ0) is 26.7. The van der Waals surface area contributed by atoms with E-state index < -0.39 is 16.9 Å². The van der Waals surface area contributed by atoms with Crippen molar-refractivity contribution in [3.8, 4) is 0 Å². The van der Waals surface area contributed by atoms with E-state index in [2.05, 4.69) is 4.90 Å². The van der Waals surface area contributed by atoms with Crippen LogP contribution in [0, 0.1) is 5.92 Å². The Bertz CT molecular complexity index is 1100. The maximum absolute atomic E-state index is 12.4. The molecular weight excluding hydrogens is 533 g/mol. The van der Waals surface area contributed by atoms with Gasteiger partial charge in [0.05, 0.1) is 17.7 Å². The van der Waals surface area contributed by atoms with Crippen molar-refractivity contribution >= 4 is 40.4 Å². The predicted molar refractivity (Wildman–Crippen MR) is 147 cm³/mol.